The van der Waals surface area contributed by atoms with E-state index in [9.17, 15) is 44.6 Å². The Morgan fingerprint density at radius 1 is 0.565 bits per heavy atom. The highest BCUT2D eigenvalue weighted by Gasteiger charge is 2.51. The first-order valence-corrected chi connectivity index (χ1v) is 25.1. The second-order valence-electron chi connectivity index (χ2n) is 16.6. The van der Waals surface area contributed by atoms with Gasteiger partial charge in [0.05, 0.1) is 18.8 Å². The minimum atomic E-state index is -5.14. The van der Waals surface area contributed by atoms with E-state index >= 15 is 0 Å². The molecule has 8 unspecified atom stereocenters. The van der Waals surface area contributed by atoms with E-state index in [4.69, 9.17) is 23.3 Å². The predicted molar refractivity (Wildman–Crippen MR) is 239 cm³/mol. The standard InChI is InChI=1S/C47H81O14P/c1-3-5-7-9-11-12-13-14-15-16-17-18-21-25-29-33-40(48)57-35-37(36-58-62(55,56)61-47-45(53)43(51)42(50)44(52)46(47)54)59-41(49)34-30-26-22-19-20-24-28-32-39-38(60-39)31-27-23-10-8-6-4-2/h14-15,19,22-24,27-28,37-39,42-47,50-54H,3-13,16-18,20-21,25-26,29-36H2,1-2H3,(H,55,56)/b15-14-,22-19-,27-23+,28-24-. The van der Waals surface area contributed by atoms with Crippen LogP contribution in [0.4, 0.5) is 0 Å². The minimum Gasteiger partial charge on any atom is -0.462 e. The van der Waals surface area contributed by atoms with Gasteiger partial charge in [-0.25, -0.2) is 4.57 Å². The Hall–Kier alpha value is -2.23. The number of esters is 2. The molecule has 14 nitrogen and oxygen atoms in total. The molecule has 8 atom stereocenters. The first kappa shape index (κ1) is 55.9. The molecule has 0 bridgehead atoms. The maximum Gasteiger partial charge on any atom is 0.472 e. The molecule has 1 saturated carbocycles. The lowest BCUT2D eigenvalue weighted by atomic mass is 9.85. The number of aliphatic hydroxyl groups excluding tert-OH is 5. The number of phosphoric ester groups is 1. The van der Waals surface area contributed by atoms with E-state index in [1.54, 1.807) is 0 Å². The van der Waals surface area contributed by atoms with E-state index in [0.29, 0.717) is 25.4 Å². The van der Waals surface area contributed by atoms with Crippen molar-refractivity contribution >= 4 is 19.8 Å². The average molecular weight is 901 g/mol. The molecular weight excluding hydrogens is 819 g/mol. The van der Waals surface area contributed by atoms with Crippen LogP contribution in [0.1, 0.15) is 168 Å². The van der Waals surface area contributed by atoms with Crippen molar-refractivity contribution in [2.75, 3.05) is 13.2 Å². The Bertz CT molecular complexity index is 1340. The summed E-state index contributed by atoms with van der Waals surface area (Å²) in [6.07, 6.45) is 27.7. The van der Waals surface area contributed by atoms with Crippen molar-refractivity contribution in [1.29, 1.82) is 0 Å². The maximum absolute atomic E-state index is 12.8. The largest absolute Gasteiger partial charge is 0.472 e. The zero-order valence-corrected chi connectivity index (χ0v) is 38.5. The summed E-state index contributed by atoms with van der Waals surface area (Å²) in [5.74, 6) is -1.18. The normalized spacial score (nSPS) is 25.5. The second kappa shape index (κ2) is 34.2. The molecule has 1 aliphatic heterocycles. The third-order valence-electron chi connectivity index (χ3n) is 11.0. The zero-order chi connectivity index (χ0) is 45.4. The molecule has 0 aromatic rings. The number of phosphoric acid groups is 1. The molecule has 0 aromatic carbocycles. The first-order chi connectivity index (χ1) is 29.9. The van der Waals surface area contributed by atoms with Crippen molar-refractivity contribution in [2.24, 2.45) is 0 Å². The molecule has 15 heteroatoms. The highest BCUT2D eigenvalue weighted by Crippen LogP contribution is 2.47. The van der Waals surface area contributed by atoms with E-state index in [2.05, 4.69) is 50.3 Å². The molecule has 1 saturated heterocycles. The van der Waals surface area contributed by atoms with Gasteiger partial charge in [-0.1, -0.05) is 127 Å². The quantitative estimate of drug-likeness (QED) is 0.0114. The lowest BCUT2D eigenvalue weighted by Gasteiger charge is -2.41. The molecule has 0 aromatic heterocycles. The van der Waals surface area contributed by atoms with Gasteiger partial charge in [0.15, 0.2) is 6.10 Å². The maximum atomic E-state index is 12.8. The van der Waals surface area contributed by atoms with Crippen molar-refractivity contribution in [2.45, 2.75) is 223 Å². The predicted octanol–water partition coefficient (Wildman–Crippen LogP) is 8.16. The van der Waals surface area contributed by atoms with Crippen LogP contribution in [-0.2, 0) is 37.4 Å². The van der Waals surface area contributed by atoms with Crippen LogP contribution in [0.3, 0.4) is 0 Å². The number of rotatable bonds is 37. The lowest BCUT2D eigenvalue weighted by molar-refractivity contribution is -0.220. The van der Waals surface area contributed by atoms with Crippen LogP contribution in [0, 0.1) is 0 Å². The van der Waals surface area contributed by atoms with Gasteiger partial charge in [-0.3, -0.25) is 18.6 Å². The van der Waals surface area contributed by atoms with Gasteiger partial charge in [0.1, 0.15) is 43.2 Å². The Morgan fingerprint density at radius 2 is 1.02 bits per heavy atom. The van der Waals surface area contributed by atoms with E-state index < -0.39 is 75.7 Å². The first-order valence-electron chi connectivity index (χ1n) is 23.6. The van der Waals surface area contributed by atoms with E-state index in [-0.39, 0.29) is 18.9 Å². The number of hydrogen-bond donors (Lipinski definition) is 6. The van der Waals surface area contributed by atoms with Crippen molar-refractivity contribution in [3.05, 3.63) is 48.6 Å². The number of carbonyl (C=O) groups is 2. The minimum absolute atomic E-state index is 0.0127. The lowest BCUT2D eigenvalue weighted by Crippen LogP contribution is -2.64. The fourth-order valence-electron chi connectivity index (χ4n) is 7.08. The van der Waals surface area contributed by atoms with Crippen LogP contribution in [0.5, 0.6) is 0 Å². The second-order valence-corrected chi connectivity index (χ2v) is 18.0. The van der Waals surface area contributed by atoms with Gasteiger partial charge in [-0.15, -0.1) is 0 Å². The molecule has 0 radical (unpaired) electrons. The fourth-order valence-corrected chi connectivity index (χ4v) is 8.05. The van der Waals surface area contributed by atoms with Gasteiger partial charge in [0.25, 0.3) is 0 Å². The van der Waals surface area contributed by atoms with E-state index in [0.717, 1.165) is 64.2 Å². The van der Waals surface area contributed by atoms with Crippen LogP contribution < -0.4 is 0 Å². The number of allylic oxidation sites excluding steroid dienone is 6. The van der Waals surface area contributed by atoms with Gasteiger partial charge in [0, 0.05) is 12.8 Å². The van der Waals surface area contributed by atoms with Crippen LogP contribution in [0.25, 0.3) is 0 Å². The Labute approximate surface area is 371 Å². The summed E-state index contributed by atoms with van der Waals surface area (Å²) in [5, 5.41) is 50.2. The van der Waals surface area contributed by atoms with Gasteiger partial charge in [0.2, 0.25) is 0 Å². The number of ether oxygens (including phenoxy) is 3. The molecule has 1 aliphatic carbocycles. The summed E-state index contributed by atoms with van der Waals surface area (Å²) in [6, 6.07) is 0. The molecule has 6 N–H and O–H groups in total. The molecule has 0 amide bonds. The molecule has 2 rings (SSSR count). The highest BCUT2D eigenvalue weighted by molar-refractivity contribution is 7.47. The number of hydrogen-bond acceptors (Lipinski definition) is 13. The van der Waals surface area contributed by atoms with Crippen molar-refractivity contribution < 1.29 is 67.8 Å². The van der Waals surface area contributed by atoms with E-state index in [1.807, 2.05) is 12.2 Å². The summed E-state index contributed by atoms with van der Waals surface area (Å²) < 4.78 is 39.2. The molecular formula is C47H81O14P. The average Bonchev–Trinajstić information content (AvgIpc) is 4.01. The number of aliphatic hydroxyl groups is 5. The van der Waals surface area contributed by atoms with Gasteiger partial charge < -0.3 is 44.6 Å². The van der Waals surface area contributed by atoms with Crippen molar-refractivity contribution in [3.63, 3.8) is 0 Å². The number of unbranched alkanes of at least 4 members (excludes halogenated alkanes) is 15. The Kier molecular flexibility index (Phi) is 30.8. The topological polar surface area (TPSA) is 222 Å². The van der Waals surface area contributed by atoms with Gasteiger partial charge in [-0.05, 0) is 77.0 Å². The molecule has 358 valence electrons. The zero-order valence-electron chi connectivity index (χ0n) is 37.6. The third-order valence-corrected chi connectivity index (χ3v) is 12.0. The van der Waals surface area contributed by atoms with Crippen molar-refractivity contribution in [1.82, 2.24) is 0 Å². The number of epoxide rings is 1. The van der Waals surface area contributed by atoms with Crippen LogP contribution >= 0.6 is 7.82 Å². The Morgan fingerprint density at radius 3 is 1.65 bits per heavy atom. The fraction of sp³-hybridized carbons (Fsp3) is 0.787. The molecule has 2 aliphatic rings. The molecule has 1 heterocycles. The Balaban J connectivity index is 1.74. The monoisotopic (exact) mass is 901 g/mol. The molecule has 62 heavy (non-hydrogen) atoms. The summed E-state index contributed by atoms with van der Waals surface area (Å²) in [5.41, 5.74) is 0. The summed E-state index contributed by atoms with van der Waals surface area (Å²) >= 11 is 0. The summed E-state index contributed by atoms with van der Waals surface area (Å²) in [7, 11) is -5.14. The molecule has 0 spiro atoms. The van der Waals surface area contributed by atoms with E-state index in [1.165, 1.54) is 57.8 Å². The SMILES string of the molecule is CCCCC/C=C/CC1OC1C/C=C\C/C=C\CCCC(=O)OC(COC(=O)CCCCCCC/C=C\CCCCCCCC)COP(=O)(O)OC1C(O)C(O)C(O)C(O)C1O. The van der Waals surface area contributed by atoms with Crippen molar-refractivity contribution in [3.8, 4) is 0 Å². The smallest absolute Gasteiger partial charge is 0.462 e. The summed E-state index contributed by atoms with van der Waals surface area (Å²) in [6.45, 7) is 3.20. The third kappa shape index (κ3) is 25.9. The summed E-state index contributed by atoms with van der Waals surface area (Å²) in [4.78, 5) is 35.7. The van der Waals surface area contributed by atoms with Crippen LogP contribution in [-0.4, -0.2) is 111 Å². The highest BCUT2D eigenvalue weighted by atomic mass is 31.2. The number of carbonyl (C=O) groups excluding carboxylic acids is 2. The van der Waals surface area contributed by atoms with Gasteiger partial charge in [-0.2, -0.15) is 0 Å². The molecule has 2 fully saturated rings. The van der Waals surface area contributed by atoms with Gasteiger partial charge >= 0.3 is 19.8 Å². The van der Waals surface area contributed by atoms with Crippen LogP contribution in [0.2, 0.25) is 0 Å². The van der Waals surface area contributed by atoms with Crippen LogP contribution in [0.15, 0.2) is 48.6 Å².